The van der Waals surface area contributed by atoms with E-state index in [1.807, 2.05) is 0 Å². The molecular formula is C15H22N2O3S. The monoisotopic (exact) mass is 310 g/mol. The Hall–Kier alpha value is -1.56. The molecule has 1 heterocycles. The van der Waals surface area contributed by atoms with Crippen LogP contribution in [-0.2, 0) is 4.74 Å². The van der Waals surface area contributed by atoms with E-state index in [9.17, 15) is 9.59 Å². The number of ether oxygens (including phenoxy) is 1. The van der Waals surface area contributed by atoms with Crippen molar-refractivity contribution in [3.8, 4) is 0 Å². The van der Waals surface area contributed by atoms with Gasteiger partial charge in [-0.05, 0) is 31.6 Å². The lowest BCUT2D eigenvalue weighted by Crippen LogP contribution is -2.25. The van der Waals surface area contributed by atoms with Crippen molar-refractivity contribution >= 4 is 33.8 Å². The molecule has 6 heteroatoms. The summed E-state index contributed by atoms with van der Waals surface area (Å²) < 4.78 is 4.79. The molecule has 116 valence electrons. The summed E-state index contributed by atoms with van der Waals surface area (Å²) in [5, 5.41) is 4.04. The number of nitrogens with two attached hydrogens (primary N) is 1. The molecule has 0 amide bonds. The molecule has 1 aliphatic rings. The Morgan fingerprint density at radius 3 is 2.43 bits per heavy atom. The molecule has 0 aromatic carbocycles. The van der Waals surface area contributed by atoms with Crippen LogP contribution in [0.2, 0.25) is 0 Å². The fourth-order valence-corrected chi connectivity index (χ4v) is 3.78. The molecule has 0 saturated heterocycles. The van der Waals surface area contributed by atoms with Crippen LogP contribution in [0.4, 0.5) is 10.7 Å². The summed E-state index contributed by atoms with van der Waals surface area (Å²) in [6.45, 7) is 3.71. The average molecular weight is 310 g/mol. The smallest absolute Gasteiger partial charge is 0.343 e. The maximum absolute atomic E-state index is 11.9. The molecule has 1 saturated carbocycles. The van der Waals surface area contributed by atoms with Gasteiger partial charge in [-0.1, -0.05) is 6.92 Å². The van der Waals surface area contributed by atoms with Crippen molar-refractivity contribution in [2.45, 2.75) is 45.6 Å². The number of hydrogen-bond acceptors (Lipinski definition) is 6. The second kappa shape index (κ2) is 6.47. The molecule has 0 bridgehead atoms. The third kappa shape index (κ3) is 3.37. The molecule has 2 rings (SSSR count). The van der Waals surface area contributed by atoms with Crippen molar-refractivity contribution in [2.24, 2.45) is 5.92 Å². The number of Topliss-reactive ketones (excluding diaryl/α,β-unsaturated/α-hetero) is 1. The van der Waals surface area contributed by atoms with Crippen LogP contribution < -0.4 is 11.1 Å². The van der Waals surface area contributed by atoms with Crippen LogP contribution in [0.1, 0.15) is 59.6 Å². The number of ketones is 1. The van der Waals surface area contributed by atoms with E-state index in [0.717, 1.165) is 18.8 Å². The number of nitrogens with one attached hydrogen (secondary N) is 1. The first kappa shape index (κ1) is 15.8. The first-order valence-electron chi connectivity index (χ1n) is 7.22. The largest absolute Gasteiger partial charge is 0.465 e. The van der Waals surface area contributed by atoms with Gasteiger partial charge in [0.1, 0.15) is 10.6 Å². The quantitative estimate of drug-likeness (QED) is 0.658. The van der Waals surface area contributed by atoms with Gasteiger partial charge < -0.3 is 15.8 Å². The van der Waals surface area contributed by atoms with Gasteiger partial charge in [-0.25, -0.2) is 4.79 Å². The highest BCUT2D eigenvalue weighted by molar-refractivity contribution is 7.19. The minimum absolute atomic E-state index is 0.132. The zero-order valence-electron chi connectivity index (χ0n) is 12.7. The number of carbonyl (C=O) groups is 2. The number of carbonyl (C=O) groups excluding carboxylic acids is 2. The predicted octanol–water partition coefficient (Wildman–Crippen LogP) is 3.31. The van der Waals surface area contributed by atoms with Gasteiger partial charge in [0.2, 0.25) is 0 Å². The van der Waals surface area contributed by atoms with Crippen molar-refractivity contribution in [3.63, 3.8) is 0 Å². The molecule has 0 atom stereocenters. The van der Waals surface area contributed by atoms with E-state index in [1.54, 1.807) is 0 Å². The molecule has 5 nitrogen and oxygen atoms in total. The Morgan fingerprint density at radius 1 is 1.29 bits per heavy atom. The standard InChI is InChI=1S/C15H22N2O3S/c1-8-4-6-10(7-5-8)17-14-11(15(19)20-3)12(16)13(21-14)9(2)18/h8,10,17H,4-7,16H2,1-3H3. The number of hydrogen-bond donors (Lipinski definition) is 2. The SMILES string of the molecule is COC(=O)c1c(NC2CCC(C)CC2)sc(C(C)=O)c1N. The highest BCUT2D eigenvalue weighted by Gasteiger charge is 2.27. The third-order valence-corrected chi connectivity index (χ3v) is 5.24. The maximum Gasteiger partial charge on any atom is 0.343 e. The zero-order valence-corrected chi connectivity index (χ0v) is 13.5. The summed E-state index contributed by atoms with van der Waals surface area (Å²) >= 11 is 1.25. The van der Waals surface area contributed by atoms with E-state index in [2.05, 4.69) is 12.2 Å². The molecule has 0 spiro atoms. The van der Waals surface area contributed by atoms with E-state index in [0.29, 0.717) is 21.5 Å². The third-order valence-electron chi connectivity index (χ3n) is 4.01. The lowest BCUT2D eigenvalue weighted by atomic mass is 9.87. The van der Waals surface area contributed by atoms with Gasteiger partial charge in [-0.3, -0.25) is 4.79 Å². The molecule has 0 aliphatic heterocycles. The Balaban J connectivity index is 2.27. The normalized spacial score (nSPS) is 21.9. The number of methoxy groups -OCH3 is 1. The van der Waals surface area contributed by atoms with E-state index in [-0.39, 0.29) is 11.5 Å². The summed E-state index contributed by atoms with van der Waals surface area (Å²) in [7, 11) is 1.32. The highest BCUT2D eigenvalue weighted by atomic mass is 32.1. The van der Waals surface area contributed by atoms with Gasteiger partial charge in [-0.15, -0.1) is 11.3 Å². The number of rotatable bonds is 4. The van der Waals surface area contributed by atoms with Gasteiger partial charge in [0.05, 0.1) is 17.7 Å². The van der Waals surface area contributed by atoms with Gasteiger partial charge in [0.25, 0.3) is 0 Å². The van der Waals surface area contributed by atoms with Crippen LogP contribution in [0.5, 0.6) is 0 Å². The maximum atomic E-state index is 11.9. The van der Waals surface area contributed by atoms with Crippen LogP contribution in [0.15, 0.2) is 0 Å². The molecule has 0 unspecified atom stereocenters. The molecule has 0 radical (unpaired) electrons. The topological polar surface area (TPSA) is 81.4 Å². The summed E-state index contributed by atoms with van der Waals surface area (Å²) in [5.41, 5.74) is 6.48. The Morgan fingerprint density at radius 2 is 1.90 bits per heavy atom. The number of thiophene rings is 1. The second-order valence-electron chi connectivity index (χ2n) is 5.70. The average Bonchev–Trinajstić information content (AvgIpc) is 2.77. The summed E-state index contributed by atoms with van der Waals surface area (Å²) in [6, 6.07) is 0.322. The molecule has 1 aliphatic carbocycles. The van der Waals surface area contributed by atoms with Crippen LogP contribution in [0.25, 0.3) is 0 Å². The van der Waals surface area contributed by atoms with Gasteiger partial charge in [-0.2, -0.15) is 0 Å². The van der Waals surface area contributed by atoms with Crippen molar-refractivity contribution in [1.29, 1.82) is 0 Å². The van der Waals surface area contributed by atoms with Crippen molar-refractivity contribution in [2.75, 3.05) is 18.2 Å². The minimum atomic E-state index is -0.497. The molecule has 1 aromatic heterocycles. The summed E-state index contributed by atoms with van der Waals surface area (Å²) in [6.07, 6.45) is 4.47. The first-order chi connectivity index (χ1) is 9.93. The molecule has 21 heavy (non-hydrogen) atoms. The summed E-state index contributed by atoms with van der Waals surface area (Å²) in [5.74, 6) is 0.125. The van der Waals surface area contributed by atoms with Gasteiger partial charge in [0.15, 0.2) is 5.78 Å². The Bertz CT molecular complexity index is 545. The number of anilines is 2. The second-order valence-corrected chi connectivity index (χ2v) is 6.72. The lowest BCUT2D eigenvalue weighted by Gasteiger charge is -2.27. The molecule has 3 N–H and O–H groups in total. The number of esters is 1. The van der Waals surface area contributed by atoms with Gasteiger partial charge in [0, 0.05) is 13.0 Å². The Kier molecular flexibility index (Phi) is 4.88. The molecule has 1 aromatic rings. The van der Waals surface area contributed by atoms with Crippen molar-refractivity contribution in [3.05, 3.63) is 10.4 Å². The lowest BCUT2D eigenvalue weighted by molar-refractivity contribution is 0.0603. The van der Waals surface area contributed by atoms with Gasteiger partial charge >= 0.3 is 5.97 Å². The molecular weight excluding hydrogens is 288 g/mol. The first-order valence-corrected chi connectivity index (χ1v) is 8.03. The van der Waals surface area contributed by atoms with E-state index in [4.69, 9.17) is 10.5 Å². The fraction of sp³-hybridized carbons (Fsp3) is 0.600. The Labute approximate surface area is 128 Å². The van der Waals surface area contributed by atoms with E-state index >= 15 is 0 Å². The van der Waals surface area contributed by atoms with Crippen LogP contribution in [-0.4, -0.2) is 24.9 Å². The van der Waals surface area contributed by atoms with E-state index in [1.165, 1.54) is 38.2 Å². The van der Waals surface area contributed by atoms with Crippen molar-refractivity contribution in [1.82, 2.24) is 0 Å². The van der Waals surface area contributed by atoms with E-state index < -0.39 is 5.97 Å². The van der Waals surface area contributed by atoms with Crippen molar-refractivity contribution < 1.29 is 14.3 Å². The minimum Gasteiger partial charge on any atom is -0.465 e. The fourth-order valence-electron chi connectivity index (χ4n) is 2.70. The number of nitrogen functional groups attached to an aromatic ring is 1. The highest BCUT2D eigenvalue weighted by Crippen LogP contribution is 2.38. The molecule has 1 fully saturated rings. The zero-order chi connectivity index (χ0) is 15.6. The van der Waals surface area contributed by atoms with Crippen LogP contribution in [0, 0.1) is 5.92 Å². The van der Waals surface area contributed by atoms with Crippen LogP contribution in [0.3, 0.4) is 0 Å². The predicted molar refractivity (Wildman–Crippen MR) is 85.1 cm³/mol. The summed E-state index contributed by atoms with van der Waals surface area (Å²) in [4.78, 5) is 24.0. The van der Waals surface area contributed by atoms with Crippen LogP contribution >= 0.6 is 11.3 Å².